The Kier molecular flexibility index (Phi) is 7.83. The number of carbonyl (C=O) groups is 1. The van der Waals surface area contributed by atoms with Gasteiger partial charge in [0.15, 0.2) is 0 Å². The van der Waals surface area contributed by atoms with Gasteiger partial charge in [0.25, 0.3) is 0 Å². The summed E-state index contributed by atoms with van der Waals surface area (Å²) in [5.41, 5.74) is 5.94. The Morgan fingerprint density at radius 3 is 2.55 bits per heavy atom. The normalized spacial score (nSPS) is 15.2. The minimum Gasteiger partial charge on any atom is -0.310 e. The molecule has 33 heavy (non-hydrogen) atoms. The summed E-state index contributed by atoms with van der Waals surface area (Å²) in [6.45, 7) is 1.24. The van der Waals surface area contributed by atoms with Crippen LogP contribution >= 0.6 is 15.9 Å². The first-order chi connectivity index (χ1) is 15.6. The van der Waals surface area contributed by atoms with E-state index in [9.17, 15) is 18.0 Å². The van der Waals surface area contributed by atoms with Crippen LogP contribution in [0.4, 0.5) is 24.7 Å². The maximum absolute atomic E-state index is 13.9. The van der Waals surface area contributed by atoms with Gasteiger partial charge in [-0.25, -0.2) is 9.99 Å². The van der Waals surface area contributed by atoms with Crippen molar-refractivity contribution in [3.05, 3.63) is 52.1 Å². The summed E-state index contributed by atoms with van der Waals surface area (Å²) >= 11 is 3.27. The highest BCUT2D eigenvalue weighted by Gasteiger charge is 2.37. The largest absolute Gasteiger partial charge is 0.418 e. The predicted molar refractivity (Wildman–Crippen MR) is 122 cm³/mol. The third-order valence-electron chi connectivity index (χ3n) is 5.71. The fourth-order valence-electron chi connectivity index (χ4n) is 4.13. The van der Waals surface area contributed by atoms with Crippen molar-refractivity contribution in [2.45, 2.75) is 51.1 Å². The van der Waals surface area contributed by atoms with Crippen molar-refractivity contribution < 1.29 is 18.0 Å². The lowest BCUT2D eigenvalue weighted by atomic mass is 9.86. The number of rotatable bonds is 7. The molecule has 1 aliphatic carbocycles. The molecule has 3 rings (SSSR count). The van der Waals surface area contributed by atoms with Crippen LogP contribution in [0.15, 0.2) is 46.2 Å². The van der Waals surface area contributed by atoms with Crippen molar-refractivity contribution in [1.29, 1.82) is 10.9 Å². The van der Waals surface area contributed by atoms with Gasteiger partial charge in [-0.1, -0.05) is 37.0 Å². The zero-order valence-electron chi connectivity index (χ0n) is 17.9. The molecule has 0 saturated heterocycles. The van der Waals surface area contributed by atoms with E-state index < -0.39 is 29.3 Å². The Labute approximate surface area is 197 Å². The van der Waals surface area contributed by atoms with Crippen LogP contribution in [-0.2, 0) is 11.0 Å². The number of benzene rings is 1. The van der Waals surface area contributed by atoms with E-state index in [4.69, 9.17) is 10.9 Å². The fraction of sp³-hybridized carbons (Fsp3) is 0.409. The topological polar surface area (TPSA) is 105 Å². The summed E-state index contributed by atoms with van der Waals surface area (Å²) in [5, 5.41) is 14.0. The lowest BCUT2D eigenvalue weighted by molar-refractivity contribution is -0.137. The molecule has 0 aliphatic heterocycles. The zero-order valence-corrected chi connectivity index (χ0v) is 19.5. The second kappa shape index (κ2) is 10.4. The van der Waals surface area contributed by atoms with Gasteiger partial charge in [0, 0.05) is 10.7 Å². The van der Waals surface area contributed by atoms with Crippen LogP contribution in [0.2, 0.25) is 0 Å². The highest BCUT2D eigenvalue weighted by atomic mass is 79.9. The molecule has 0 bridgehead atoms. The summed E-state index contributed by atoms with van der Waals surface area (Å²) in [6.07, 6.45) is 1.14. The Morgan fingerprint density at radius 1 is 1.30 bits per heavy atom. The van der Waals surface area contributed by atoms with Gasteiger partial charge >= 0.3 is 6.18 Å². The van der Waals surface area contributed by atoms with E-state index in [1.165, 1.54) is 25.3 Å². The summed E-state index contributed by atoms with van der Waals surface area (Å²) in [4.78, 5) is 17.3. The summed E-state index contributed by atoms with van der Waals surface area (Å²) in [6, 6.07) is 6.87. The number of nitrogens with one attached hydrogen (secondary N) is 3. The van der Waals surface area contributed by atoms with Crippen LogP contribution in [0.1, 0.15) is 56.1 Å². The highest BCUT2D eigenvalue weighted by molar-refractivity contribution is 9.10. The van der Waals surface area contributed by atoms with Crippen LogP contribution < -0.4 is 10.3 Å². The quantitative estimate of drug-likeness (QED) is 0.158. The van der Waals surface area contributed by atoms with E-state index in [1.807, 2.05) is 0 Å². The molecule has 1 atom stereocenters. The lowest BCUT2D eigenvalue weighted by Gasteiger charge is -2.24. The number of anilines is 2. The number of carbonyl (C=O) groups excluding carboxylic acids is 1. The van der Waals surface area contributed by atoms with Gasteiger partial charge in [-0.3, -0.25) is 10.2 Å². The monoisotopic (exact) mass is 524 g/mol. The molecule has 2 aromatic rings. The number of aromatic nitrogens is 1. The van der Waals surface area contributed by atoms with Gasteiger partial charge in [-0.15, -0.1) is 0 Å². The Bertz CT molecular complexity index is 1020. The molecular formula is C22H24BrF3N6O. The van der Waals surface area contributed by atoms with Crippen LogP contribution in [0.5, 0.6) is 0 Å². The van der Waals surface area contributed by atoms with Crippen molar-refractivity contribution in [2.75, 3.05) is 10.3 Å². The van der Waals surface area contributed by atoms with E-state index in [2.05, 4.69) is 31.5 Å². The molecule has 1 heterocycles. The molecule has 1 fully saturated rings. The van der Waals surface area contributed by atoms with E-state index in [-0.39, 0.29) is 17.3 Å². The first-order valence-electron chi connectivity index (χ1n) is 10.5. The summed E-state index contributed by atoms with van der Waals surface area (Å²) in [5.74, 6) is -1.01. The minimum absolute atomic E-state index is 0.222. The average molecular weight is 525 g/mol. The fourth-order valence-corrected chi connectivity index (χ4v) is 4.36. The Hall–Kier alpha value is -2.82. The zero-order chi connectivity index (χ0) is 24.2. The smallest absolute Gasteiger partial charge is 0.310 e. The number of hydrogen-bond donors (Lipinski definition) is 3. The molecule has 1 amide bonds. The first kappa shape index (κ1) is 24.8. The van der Waals surface area contributed by atoms with Gasteiger partial charge in [0.05, 0.1) is 17.2 Å². The molecular weight excluding hydrogens is 501 g/mol. The number of pyridine rings is 1. The van der Waals surface area contributed by atoms with Crippen molar-refractivity contribution in [1.82, 2.24) is 4.98 Å². The number of amidine groups is 1. The number of halogens is 4. The highest BCUT2D eigenvalue weighted by Crippen LogP contribution is 2.41. The van der Waals surface area contributed by atoms with Crippen molar-refractivity contribution in [3.8, 4) is 0 Å². The van der Waals surface area contributed by atoms with Crippen LogP contribution in [-0.4, -0.2) is 16.7 Å². The van der Waals surface area contributed by atoms with E-state index >= 15 is 0 Å². The van der Waals surface area contributed by atoms with Crippen LogP contribution in [0, 0.1) is 16.9 Å². The molecule has 11 heteroatoms. The van der Waals surface area contributed by atoms with Crippen molar-refractivity contribution >= 4 is 39.2 Å². The number of hydrogen-bond acceptors (Lipinski definition) is 5. The molecule has 1 aliphatic rings. The van der Waals surface area contributed by atoms with Crippen molar-refractivity contribution in [2.24, 2.45) is 11.1 Å². The number of amides is 1. The van der Waals surface area contributed by atoms with E-state index in [1.54, 1.807) is 12.1 Å². The maximum atomic E-state index is 13.9. The SMILES string of the molecule is CC(=N)N(N=N)c1ccc(C(CC2CCCC2)C(=O)Nc2ccc(Br)cn2)cc1C(F)(F)F. The van der Waals surface area contributed by atoms with Gasteiger partial charge in [-0.05, 0) is 65.0 Å². The third-order valence-corrected chi connectivity index (χ3v) is 6.18. The molecule has 0 radical (unpaired) electrons. The van der Waals surface area contributed by atoms with Crippen LogP contribution in [0.3, 0.4) is 0 Å². The standard InChI is InChI=1S/C22H24BrF3N6O/c1-13(27)32(31-28)19-8-6-15(11-18(19)22(24,25)26)17(10-14-4-2-3-5-14)21(33)30-20-9-7-16(23)12-29-20/h6-9,11-12,14,17,27-28H,2-5,10H2,1H3,(H,29,30,33). The van der Waals surface area contributed by atoms with E-state index in [0.717, 1.165) is 36.2 Å². The van der Waals surface area contributed by atoms with E-state index in [0.29, 0.717) is 17.2 Å². The Balaban J connectivity index is 2.01. The second-order valence-corrected chi connectivity index (χ2v) is 8.98. The van der Waals surface area contributed by atoms with Crippen molar-refractivity contribution in [3.63, 3.8) is 0 Å². The molecule has 1 saturated carbocycles. The number of nitrogens with zero attached hydrogens (tertiary/aromatic N) is 3. The molecule has 1 aromatic carbocycles. The molecule has 1 unspecified atom stereocenters. The summed E-state index contributed by atoms with van der Waals surface area (Å²) < 4.78 is 42.5. The van der Waals surface area contributed by atoms with Gasteiger partial charge in [-0.2, -0.15) is 18.7 Å². The van der Waals surface area contributed by atoms with Gasteiger partial charge in [0.1, 0.15) is 11.7 Å². The van der Waals surface area contributed by atoms with Gasteiger partial charge in [0.2, 0.25) is 5.91 Å². The lowest BCUT2D eigenvalue weighted by Crippen LogP contribution is -2.26. The van der Waals surface area contributed by atoms with Crippen LogP contribution in [0.25, 0.3) is 0 Å². The molecule has 7 nitrogen and oxygen atoms in total. The summed E-state index contributed by atoms with van der Waals surface area (Å²) in [7, 11) is 0. The third kappa shape index (κ3) is 6.16. The Morgan fingerprint density at radius 2 is 2.00 bits per heavy atom. The second-order valence-electron chi connectivity index (χ2n) is 8.06. The molecule has 0 spiro atoms. The number of alkyl halides is 3. The average Bonchev–Trinajstić information content (AvgIpc) is 3.27. The maximum Gasteiger partial charge on any atom is 0.418 e. The molecule has 1 aromatic heterocycles. The molecule has 3 N–H and O–H groups in total. The van der Waals surface area contributed by atoms with Gasteiger partial charge < -0.3 is 5.32 Å². The molecule has 176 valence electrons. The minimum atomic E-state index is -4.76. The first-order valence-corrected chi connectivity index (χ1v) is 11.3. The predicted octanol–water partition coefficient (Wildman–Crippen LogP) is 6.92.